The Hall–Kier alpha value is -1.85. The van der Waals surface area contributed by atoms with Crippen LogP contribution >= 0.6 is 0 Å². The van der Waals surface area contributed by atoms with Crippen molar-refractivity contribution in [3.8, 4) is 0 Å². The van der Waals surface area contributed by atoms with Gasteiger partial charge in [0.15, 0.2) is 0 Å². The number of rotatable bonds is 5. The number of aryl methyl sites for hydroxylation is 2. The SMILES string of the molecule is CCc1nn(C)cc1NC(=O)CC1(C(=O)O)CCCCC1. The first-order valence-corrected chi connectivity index (χ1v) is 7.52. The highest BCUT2D eigenvalue weighted by Crippen LogP contribution is 2.39. The zero-order valence-corrected chi connectivity index (χ0v) is 12.7. The fourth-order valence-corrected chi connectivity index (χ4v) is 3.10. The lowest BCUT2D eigenvalue weighted by atomic mass is 9.71. The normalized spacial score (nSPS) is 17.4. The van der Waals surface area contributed by atoms with Crippen LogP contribution in [0.4, 0.5) is 5.69 Å². The van der Waals surface area contributed by atoms with Crippen LogP contribution < -0.4 is 5.32 Å². The summed E-state index contributed by atoms with van der Waals surface area (Å²) in [5.41, 5.74) is 0.608. The number of nitrogens with zero attached hydrogens (tertiary/aromatic N) is 2. The smallest absolute Gasteiger partial charge is 0.310 e. The van der Waals surface area contributed by atoms with Gasteiger partial charge in [-0.1, -0.05) is 26.2 Å². The fourth-order valence-electron chi connectivity index (χ4n) is 3.10. The molecular formula is C15H23N3O3. The van der Waals surface area contributed by atoms with Crippen molar-refractivity contribution in [2.75, 3.05) is 5.32 Å². The van der Waals surface area contributed by atoms with Crippen LogP contribution in [0.2, 0.25) is 0 Å². The molecule has 1 heterocycles. The summed E-state index contributed by atoms with van der Waals surface area (Å²) in [5.74, 6) is -1.08. The van der Waals surface area contributed by atoms with Crippen LogP contribution in [-0.2, 0) is 23.1 Å². The Morgan fingerprint density at radius 1 is 1.38 bits per heavy atom. The van der Waals surface area contributed by atoms with E-state index in [9.17, 15) is 14.7 Å². The van der Waals surface area contributed by atoms with Crippen LogP contribution in [0.1, 0.15) is 51.1 Å². The molecule has 0 aromatic carbocycles. The molecule has 0 aliphatic heterocycles. The van der Waals surface area contributed by atoms with E-state index in [0.29, 0.717) is 18.5 Å². The van der Waals surface area contributed by atoms with E-state index < -0.39 is 11.4 Å². The minimum Gasteiger partial charge on any atom is -0.481 e. The van der Waals surface area contributed by atoms with Crippen LogP contribution in [0.25, 0.3) is 0 Å². The van der Waals surface area contributed by atoms with Crippen LogP contribution in [0.5, 0.6) is 0 Å². The van der Waals surface area contributed by atoms with Gasteiger partial charge in [0.2, 0.25) is 5.91 Å². The monoisotopic (exact) mass is 293 g/mol. The first kappa shape index (κ1) is 15.5. The summed E-state index contributed by atoms with van der Waals surface area (Å²) in [4.78, 5) is 23.9. The molecule has 1 aliphatic carbocycles. The molecule has 2 rings (SSSR count). The number of amides is 1. The predicted molar refractivity (Wildman–Crippen MR) is 79.0 cm³/mol. The molecule has 21 heavy (non-hydrogen) atoms. The maximum absolute atomic E-state index is 12.3. The summed E-state index contributed by atoms with van der Waals surface area (Å²) in [6.07, 6.45) is 6.51. The van der Waals surface area contributed by atoms with Crippen molar-refractivity contribution >= 4 is 17.6 Å². The molecule has 0 saturated heterocycles. The maximum Gasteiger partial charge on any atom is 0.310 e. The number of aliphatic carboxylic acids is 1. The molecule has 6 heteroatoms. The second kappa shape index (κ2) is 6.28. The maximum atomic E-state index is 12.3. The second-order valence-corrected chi connectivity index (χ2v) is 5.89. The van der Waals surface area contributed by atoms with Gasteiger partial charge in [-0.2, -0.15) is 5.10 Å². The molecule has 1 amide bonds. The van der Waals surface area contributed by atoms with Gasteiger partial charge in [0.25, 0.3) is 0 Å². The number of carbonyl (C=O) groups excluding carboxylic acids is 1. The molecule has 0 radical (unpaired) electrons. The number of carboxylic acid groups (broad SMARTS) is 1. The van der Waals surface area contributed by atoms with Gasteiger partial charge in [-0.25, -0.2) is 0 Å². The van der Waals surface area contributed by atoms with Crippen molar-refractivity contribution in [3.63, 3.8) is 0 Å². The van der Waals surface area contributed by atoms with Crippen molar-refractivity contribution in [1.82, 2.24) is 9.78 Å². The lowest BCUT2D eigenvalue weighted by molar-refractivity contribution is -0.153. The van der Waals surface area contributed by atoms with Gasteiger partial charge in [0, 0.05) is 19.7 Å². The minimum atomic E-state index is -0.892. The van der Waals surface area contributed by atoms with Crippen LogP contribution in [-0.4, -0.2) is 26.8 Å². The van der Waals surface area contributed by atoms with Crippen molar-refractivity contribution in [1.29, 1.82) is 0 Å². The molecule has 1 aliphatic rings. The molecule has 2 N–H and O–H groups in total. The highest BCUT2D eigenvalue weighted by Gasteiger charge is 2.41. The van der Waals surface area contributed by atoms with Crippen molar-refractivity contribution in [2.24, 2.45) is 12.5 Å². The van der Waals surface area contributed by atoms with E-state index in [4.69, 9.17) is 0 Å². The minimum absolute atomic E-state index is 0.0420. The summed E-state index contributed by atoms with van der Waals surface area (Å²) in [7, 11) is 1.80. The van der Waals surface area contributed by atoms with Gasteiger partial charge in [0.1, 0.15) is 0 Å². The van der Waals surface area contributed by atoms with E-state index in [1.807, 2.05) is 6.92 Å². The summed E-state index contributed by atoms with van der Waals surface area (Å²) in [5, 5.41) is 16.6. The van der Waals surface area contributed by atoms with Gasteiger partial charge < -0.3 is 10.4 Å². The van der Waals surface area contributed by atoms with Crippen molar-refractivity contribution in [3.05, 3.63) is 11.9 Å². The van der Waals surface area contributed by atoms with E-state index in [1.54, 1.807) is 17.9 Å². The molecule has 1 saturated carbocycles. The van der Waals surface area contributed by atoms with Crippen molar-refractivity contribution < 1.29 is 14.7 Å². The lowest BCUT2D eigenvalue weighted by Crippen LogP contribution is -2.37. The van der Waals surface area contributed by atoms with Gasteiger partial charge >= 0.3 is 5.97 Å². The largest absolute Gasteiger partial charge is 0.481 e. The summed E-state index contributed by atoms with van der Waals surface area (Å²) in [6, 6.07) is 0. The topological polar surface area (TPSA) is 84.2 Å². The van der Waals surface area contributed by atoms with Gasteiger partial charge in [0.05, 0.1) is 16.8 Å². The molecule has 0 atom stereocenters. The number of anilines is 1. The van der Waals surface area contributed by atoms with Crippen LogP contribution in [0, 0.1) is 5.41 Å². The molecule has 0 spiro atoms. The number of carboxylic acids is 1. The number of aromatic nitrogens is 2. The highest BCUT2D eigenvalue weighted by molar-refractivity contribution is 5.94. The third-order valence-electron chi connectivity index (χ3n) is 4.28. The number of hydrogen-bond donors (Lipinski definition) is 2. The van der Waals surface area contributed by atoms with Gasteiger partial charge in [-0.15, -0.1) is 0 Å². The standard InChI is InChI=1S/C15H23N3O3/c1-3-11-12(10-18(2)17-11)16-13(19)9-15(14(20)21)7-5-4-6-8-15/h10H,3-9H2,1-2H3,(H,16,19)(H,20,21). The fraction of sp³-hybridized carbons (Fsp3) is 0.667. The Labute approximate surface area is 124 Å². The molecule has 1 fully saturated rings. The van der Waals surface area contributed by atoms with Crippen molar-refractivity contribution in [2.45, 2.75) is 51.9 Å². The molecule has 6 nitrogen and oxygen atoms in total. The third kappa shape index (κ3) is 3.43. The second-order valence-electron chi connectivity index (χ2n) is 5.89. The number of nitrogens with one attached hydrogen (secondary N) is 1. The number of carbonyl (C=O) groups is 2. The Balaban J connectivity index is 2.07. The average molecular weight is 293 g/mol. The summed E-state index contributed by atoms with van der Waals surface area (Å²) in [6.45, 7) is 1.97. The Morgan fingerprint density at radius 3 is 2.62 bits per heavy atom. The summed E-state index contributed by atoms with van der Waals surface area (Å²) < 4.78 is 1.65. The molecule has 116 valence electrons. The molecule has 1 aromatic heterocycles. The Bertz CT molecular complexity index is 530. The first-order chi connectivity index (χ1) is 9.97. The highest BCUT2D eigenvalue weighted by atomic mass is 16.4. The van der Waals surface area contributed by atoms with E-state index in [0.717, 1.165) is 31.4 Å². The van der Waals surface area contributed by atoms with E-state index >= 15 is 0 Å². The van der Waals surface area contributed by atoms with Crippen LogP contribution in [0.15, 0.2) is 6.20 Å². The van der Waals surface area contributed by atoms with E-state index in [-0.39, 0.29) is 12.3 Å². The zero-order chi connectivity index (χ0) is 15.5. The molecular weight excluding hydrogens is 270 g/mol. The van der Waals surface area contributed by atoms with Crippen LogP contribution in [0.3, 0.4) is 0 Å². The number of hydrogen-bond acceptors (Lipinski definition) is 3. The zero-order valence-electron chi connectivity index (χ0n) is 12.7. The predicted octanol–water partition coefficient (Wildman–Crippen LogP) is 2.35. The molecule has 0 unspecified atom stereocenters. The molecule has 0 bridgehead atoms. The van der Waals surface area contributed by atoms with Gasteiger partial charge in [-0.3, -0.25) is 14.3 Å². The molecule has 1 aromatic rings. The third-order valence-corrected chi connectivity index (χ3v) is 4.28. The Morgan fingerprint density at radius 2 is 2.05 bits per heavy atom. The quantitative estimate of drug-likeness (QED) is 0.872. The first-order valence-electron chi connectivity index (χ1n) is 7.52. The average Bonchev–Trinajstić information content (AvgIpc) is 2.79. The lowest BCUT2D eigenvalue weighted by Gasteiger charge is -2.32. The Kier molecular flexibility index (Phi) is 4.65. The summed E-state index contributed by atoms with van der Waals surface area (Å²) >= 11 is 0. The van der Waals surface area contributed by atoms with E-state index in [1.165, 1.54) is 0 Å². The van der Waals surface area contributed by atoms with E-state index in [2.05, 4.69) is 10.4 Å². The van der Waals surface area contributed by atoms with Gasteiger partial charge in [-0.05, 0) is 19.3 Å².